The summed E-state index contributed by atoms with van der Waals surface area (Å²) in [7, 11) is 0. The van der Waals surface area contributed by atoms with Gasteiger partial charge in [0.05, 0.1) is 33.6 Å². The summed E-state index contributed by atoms with van der Waals surface area (Å²) in [5, 5.41) is 9.85. The minimum Gasteiger partial charge on any atom is -0.368 e. The molecule has 184 valence electrons. The molecule has 0 aliphatic carbocycles. The number of aryl methyl sites for hydroxylation is 1. The first-order valence-electron chi connectivity index (χ1n) is 11.6. The van der Waals surface area contributed by atoms with Gasteiger partial charge in [-0.2, -0.15) is 5.10 Å². The number of thiophene rings is 1. The van der Waals surface area contributed by atoms with Crippen molar-refractivity contribution >= 4 is 28.6 Å². The first-order valence-corrected chi connectivity index (χ1v) is 12.4. The highest BCUT2D eigenvalue weighted by atomic mass is 32.1. The topological polar surface area (TPSA) is 91.2 Å². The molecule has 1 aliphatic rings. The average Bonchev–Trinajstić information content (AvgIpc) is 3.59. The molecule has 8 nitrogen and oxygen atoms in total. The Morgan fingerprint density at radius 1 is 1.29 bits per heavy atom. The number of pyridine rings is 1. The Morgan fingerprint density at radius 3 is 2.69 bits per heavy atom. The molecule has 4 aromatic rings. The van der Waals surface area contributed by atoms with E-state index in [1.54, 1.807) is 29.8 Å². The maximum absolute atomic E-state index is 13.9. The molecule has 1 amide bonds. The molecule has 1 atom stereocenters. The summed E-state index contributed by atoms with van der Waals surface area (Å²) < 4.78 is 29.6. The van der Waals surface area contributed by atoms with E-state index in [0.29, 0.717) is 29.1 Å². The van der Waals surface area contributed by atoms with E-state index in [9.17, 15) is 13.6 Å². The number of fused-ring (bicyclic) bond motifs is 1. The molecule has 1 fully saturated rings. The van der Waals surface area contributed by atoms with Gasteiger partial charge >= 0.3 is 0 Å². The fourth-order valence-corrected chi connectivity index (χ4v) is 5.24. The van der Waals surface area contributed by atoms with Gasteiger partial charge in [0.15, 0.2) is 5.65 Å². The molecule has 1 saturated heterocycles. The van der Waals surface area contributed by atoms with Gasteiger partial charge in [-0.3, -0.25) is 14.3 Å². The minimum atomic E-state index is -2.67. The van der Waals surface area contributed by atoms with E-state index >= 15 is 0 Å². The number of imidazole rings is 1. The average molecular weight is 500 g/mol. The predicted octanol–water partition coefficient (Wildman–Crippen LogP) is 4.78. The smallest absolute Gasteiger partial charge is 0.253 e. The number of halogens is 2. The number of aromatic amines is 1. The third kappa shape index (κ3) is 4.40. The van der Waals surface area contributed by atoms with Crippen molar-refractivity contribution in [2.24, 2.45) is 0 Å². The van der Waals surface area contributed by atoms with Crippen LogP contribution >= 0.6 is 11.3 Å². The summed E-state index contributed by atoms with van der Waals surface area (Å²) in [6.07, 6.45) is 5.08. The molecule has 5 rings (SSSR count). The molecule has 5 heterocycles. The van der Waals surface area contributed by atoms with Gasteiger partial charge in [0, 0.05) is 37.0 Å². The van der Waals surface area contributed by atoms with Crippen LogP contribution in [-0.4, -0.2) is 49.5 Å². The fourth-order valence-electron chi connectivity index (χ4n) is 4.36. The molecular formula is C24H27F2N7OS. The van der Waals surface area contributed by atoms with Crippen molar-refractivity contribution in [2.45, 2.75) is 51.5 Å². The first-order chi connectivity index (χ1) is 16.7. The second-order valence-electron chi connectivity index (χ2n) is 9.18. The third-order valence-electron chi connectivity index (χ3n) is 6.71. The largest absolute Gasteiger partial charge is 0.368 e. The van der Waals surface area contributed by atoms with Crippen molar-refractivity contribution in [3.8, 4) is 10.6 Å². The number of piperidine rings is 1. The zero-order valence-corrected chi connectivity index (χ0v) is 20.6. The lowest BCUT2D eigenvalue weighted by atomic mass is 9.97. The van der Waals surface area contributed by atoms with Crippen LogP contribution in [0, 0.1) is 6.92 Å². The predicted molar refractivity (Wildman–Crippen MR) is 131 cm³/mol. The molecule has 0 radical (unpaired) electrons. The molecule has 1 unspecified atom stereocenters. The fraction of sp³-hybridized carbons (Fsp3) is 0.417. The molecule has 0 aromatic carbocycles. The lowest BCUT2D eigenvalue weighted by Gasteiger charge is -2.34. The van der Waals surface area contributed by atoms with Crippen LogP contribution in [0.3, 0.4) is 0 Å². The summed E-state index contributed by atoms with van der Waals surface area (Å²) in [6, 6.07) is 5.81. The van der Waals surface area contributed by atoms with E-state index in [2.05, 4.69) is 25.5 Å². The van der Waals surface area contributed by atoms with Gasteiger partial charge < -0.3 is 10.2 Å². The van der Waals surface area contributed by atoms with Crippen molar-refractivity contribution in [3.05, 3.63) is 53.2 Å². The highest BCUT2D eigenvalue weighted by Gasteiger charge is 2.35. The van der Waals surface area contributed by atoms with Gasteiger partial charge in [-0.05, 0) is 38.5 Å². The molecule has 0 saturated carbocycles. The number of aromatic nitrogens is 5. The number of carbonyl (C=O) groups is 1. The molecule has 2 N–H and O–H groups in total. The van der Waals surface area contributed by atoms with Crippen LogP contribution < -0.4 is 10.2 Å². The van der Waals surface area contributed by atoms with Gasteiger partial charge in [-0.15, -0.1) is 11.3 Å². The third-order valence-corrected chi connectivity index (χ3v) is 7.73. The number of carbonyl (C=O) groups excluding carboxylic acids is 1. The van der Waals surface area contributed by atoms with Crippen LogP contribution in [-0.2, 0) is 5.54 Å². The number of anilines is 1. The standard InChI is InChI=1S/C24H27F2N7OS/c1-4-23(3,22-28-14-29-31-22)30-21(34)16-11-17(32-9-7-24(25,26)8-10-32)20-27-12-18(33(20)13-16)19-6-5-15(2)35-19/h5-6,11-14H,4,7-10H2,1-3H3,(H,30,34)(H,28,29,31). The Hall–Kier alpha value is -3.34. The highest BCUT2D eigenvalue weighted by molar-refractivity contribution is 7.15. The van der Waals surface area contributed by atoms with Gasteiger partial charge in [-0.1, -0.05) is 6.92 Å². The maximum Gasteiger partial charge on any atom is 0.253 e. The second kappa shape index (κ2) is 8.71. The summed E-state index contributed by atoms with van der Waals surface area (Å²) in [5.74, 6) is -2.40. The quantitative estimate of drug-likeness (QED) is 0.398. The SMILES string of the molecule is CCC(C)(NC(=O)c1cc(N2CCC(F)(F)CC2)c2ncc(-c3ccc(C)s3)n2c1)c1ncn[nH]1. The molecule has 4 aromatic heterocycles. The van der Waals surface area contributed by atoms with Crippen LogP contribution in [0.4, 0.5) is 14.5 Å². The van der Waals surface area contributed by atoms with Crippen molar-refractivity contribution in [2.75, 3.05) is 18.0 Å². The van der Waals surface area contributed by atoms with E-state index in [1.165, 1.54) is 6.33 Å². The Bertz CT molecular complexity index is 1350. The molecule has 1 aliphatic heterocycles. The summed E-state index contributed by atoms with van der Waals surface area (Å²) in [6.45, 7) is 6.26. The van der Waals surface area contributed by atoms with Gasteiger partial charge in [0.1, 0.15) is 12.2 Å². The van der Waals surface area contributed by atoms with Crippen LogP contribution in [0.15, 0.2) is 36.9 Å². The lowest BCUT2D eigenvalue weighted by Crippen LogP contribution is -2.44. The summed E-state index contributed by atoms with van der Waals surface area (Å²) >= 11 is 1.63. The van der Waals surface area contributed by atoms with E-state index < -0.39 is 11.5 Å². The monoisotopic (exact) mass is 499 g/mol. The van der Waals surface area contributed by atoms with Gasteiger partial charge in [0.2, 0.25) is 0 Å². The Morgan fingerprint density at radius 2 is 2.06 bits per heavy atom. The van der Waals surface area contributed by atoms with Crippen molar-refractivity contribution in [1.82, 2.24) is 29.9 Å². The van der Waals surface area contributed by atoms with Crippen LogP contribution in [0.2, 0.25) is 0 Å². The maximum atomic E-state index is 13.9. The van der Waals surface area contributed by atoms with Crippen molar-refractivity contribution in [3.63, 3.8) is 0 Å². The normalized spacial score (nSPS) is 17.5. The number of nitrogens with one attached hydrogen (secondary N) is 2. The molecule has 35 heavy (non-hydrogen) atoms. The zero-order chi connectivity index (χ0) is 24.8. The van der Waals surface area contributed by atoms with Gasteiger partial charge in [-0.25, -0.2) is 18.7 Å². The van der Waals surface area contributed by atoms with Crippen molar-refractivity contribution in [1.29, 1.82) is 0 Å². The highest BCUT2D eigenvalue weighted by Crippen LogP contribution is 2.35. The Labute approximate surface area is 205 Å². The van der Waals surface area contributed by atoms with E-state index in [0.717, 1.165) is 15.4 Å². The second-order valence-corrected chi connectivity index (χ2v) is 10.5. The zero-order valence-electron chi connectivity index (χ0n) is 19.8. The molecule has 0 bridgehead atoms. The number of hydrogen-bond donors (Lipinski definition) is 2. The van der Waals surface area contributed by atoms with Gasteiger partial charge in [0.25, 0.3) is 11.8 Å². The van der Waals surface area contributed by atoms with Crippen LogP contribution in [0.5, 0.6) is 0 Å². The first kappa shape index (κ1) is 23.4. The summed E-state index contributed by atoms with van der Waals surface area (Å²) in [5.41, 5.74) is 1.83. The van der Waals surface area contributed by atoms with Crippen LogP contribution in [0.25, 0.3) is 16.2 Å². The number of rotatable bonds is 6. The lowest BCUT2D eigenvalue weighted by molar-refractivity contribution is -0.0220. The number of hydrogen-bond acceptors (Lipinski definition) is 6. The van der Waals surface area contributed by atoms with E-state index in [-0.39, 0.29) is 31.8 Å². The summed E-state index contributed by atoms with van der Waals surface area (Å²) in [4.78, 5) is 26.5. The number of amides is 1. The molecule has 0 spiro atoms. The van der Waals surface area contributed by atoms with Crippen LogP contribution in [0.1, 0.15) is 54.2 Å². The number of alkyl halides is 2. The van der Waals surface area contributed by atoms with E-state index in [4.69, 9.17) is 0 Å². The molecular weight excluding hydrogens is 472 g/mol. The number of nitrogens with zero attached hydrogens (tertiary/aromatic N) is 5. The van der Waals surface area contributed by atoms with Crippen molar-refractivity contribution < 1.29 is 13.6 Å². The Balaban J connectivity index is 1.58. The number of H-pyrrole nitrogens is 1. The Kier molecular flexibility index (Phi) is 5.82. The van der Waals surface area contributed by atoms with E-state index in [1.807, 2.05) is 42.2 Å². The molecule has 11 heteroatoms. The minimum absolute atomic E-state index is 0.193.